The Balaban J connectivity index is 1.76. The molecule has 1 aliphatic carbocycles. The lowest BCUT2D eigenvalue weighted by Crippen LogP contribution is -2.42. The van der Waals surface area contributed by atoms with Crippen LogP contribution >= 0.6 is 0 Å². The van der Waals surface area contributed by atoms with Crippen LogP contribution in [0.25, 0.3) is 28.6 Å². The number of H-pyrrole nitrogens is 1. The first-order valence-corrected chi connectivity index (χ1v) is 11.7. The third kappa shape index (κ3) is 4.99. The number of nitrogens with one attached hydrogen (secondary N) is 1. The molecule has 0 bridgehead atoms. The molecule has 1 aromatic carbocycles. The Morgan fingerprint density at radius 2 is 1.88 bits per heavy atom. The van der Waals surface area contributed by atoms with Crippen molar-refractivity contribution in [2.75, 3.05) is 0 Å². The second kappa shape index (κ2) is 10.0. The number of aliphatic carboxylic acids is 1. The van der Waals surface area contributed by atoms with Gasteiger partial charge in [0.15, 0.2) is 5.52 Å². The number of benzene rings is 1. The van der Waals surface area contributed by atoms with Crippen molar-refractivity contribution in [2.24, 2.45) is 5.92 Å². The van der Waals surface area contributed by atoms with Crippen molar-refractivity contribution in [1.29, 1.82) is 0 Å². The molecule has 8 nitrogen and oxygen atoms in total. The summed E-state index contributed by atoms with van der Waals surface area (Å²) in [7, 11) is 0. The predicted octanol–water partition coefficient (Wildman–Crippen LogP) is 4.03. The first kappa shape index (κ1) is 22.8. The lowest BCUT2D eigenvalue weighted by molar-refractivity contribution is -0.131. The number of rotatable bonds is 8. The number of aromatic amines is 1. The van der Waals surface area contributed by atoms with E-state index in [2.05, 4.69) is 16.9 Å². The Morgan fingerprint density at radius 1 is 1.15 bits per heavy atom. The van der Waals surface area contributed by atoms with Crippen molar-refractivity contribution in [2.45, 2.75) is 65.0 Å². The number of hydrogen-bond donors (Lipinski definition) is 2. The number of carboxylic acids is 1. The zero-order chi connectivity index (χ0) is 23.4. The minimum Gasteiger partial charge on any atom is -0.478 e. The highest BCUT2D eigenvalue weighted by Crippen LogP contribution is 2.25. The van der Waals surface area contributed by atoms with E-state index in [1.807, 2.05) is 12.1 Å². The van der Waals surface area contributed by atoms with Crippen LogP contribution in [-0.2, 0) is 17.9 Å². The van der Waals surface area contributed by atoms with Crippen LogP contribution in [0.1, 0.15) is 57.4 Å². The van der Waals surface area contributed by atoms with Crippen molar-refractivity contribution < 1.29 is 9.90 Å². The van der Waals surface area contributed by atoms with Crippen LogP contribution in [0.5, 0.6) is 0 Å². The monoisotopic (exact) mass is 450 g/mol. The van der Waals surface area contributed by atoms with E-state index in [0.29, 0.717) is 30.5 Å². The maximum atomic E-state index is 13.3. The Morgan fingerprint density at radius 3 is 2.55 bits per heavy atom. The summed E-state index contributed by atoms with van der Waals surface area (Å²) in [5, 5.41) is 8.79. The molecular formula is C25H30N4O4. The Hall–Kier alpha value is -3.42. The molecule has 33 heavy (non-hydrogen) atoms. The molecule has 0 saturated heterocycles. The van der Waals surface area contributed by atoms with Crippen molar-refractivity contribution in [3.05, 3.63) is 56.7 Å². The number of unbranched alkanes of at least 4 members (excludes halogenated alkanes) is 1. The average Bonchev–Trinajstić information content (AvgIpc) is 3.27. The summed E-state index contributed by atoms with van der Waals surface area (Å²) in [5.41, 5.74) is 1.64. The molecule has 1 saturated carbocycles. The summed E-state index contributed by atoms with van der Waals surface area (Å²) in [6, 6.07) is 7.20. The third-order valence-electron chi connectivity index (χ3n) is 6.37. The Bertz CT molecular complexity index is 1270. The van der Waals surface area contributed by atoms with Gasteiger partial charge in [-0.1, -0.05) is 56.9 Å². The van der Waals surface area contributed by atoms with Gasteiger partial charge in [-0.15, -0.1) is 0 Å². The van der Waals surface area contributed by atoms with Gasteiger partial charge in [-0.2, -0.15) is 0 Å². The minimum absolute atomic E-state index is 0.268. The number of aromatic nitrogens is 4. The third-order valence-corrected chi connectivity index (χ3v) is 6.37. The standard InChI is InChI=1S/C25H30N4O4/c1-2-3-15-28-23-21(24(32)29(25(28)33)16-18-7-5-4-6-8-18)26-22(27-23)19-12-9-17(10-13-19)11-14-20(30)31/h9-14,18H,2-8,15-16H2,1H3,(H,26,27)(H,30,31)/b14-11+. The van der Waals surface area contributed by atoms with Crippen LogP contribution in [0.15, 0.2) is 39.9 Å². The highest BCUT2D eigenvalue weighted by molar-refractivity contribution is 5.85. The number of hydrogen-bond acceptors (Lipinski definition) is 4. The van der Waals surface area contributed by atoms with Crippen molar-refractivity contribution >= 4 is 23.2 Å². The van der Waals surface area contributed by atoms with Gasteiger partial charge in [-0.3, -0.25) is 13.9 Å². The fraction of sp³-hybridized carbons (Fsp3) is 0.440. The summed E-state index contributed by atoms with van der Waals surface area (Å²) in [5.74, 6) is -0.145. The molecule has 2 heterocycles. The maximum absolute atomic E-state index is 13.3. The van der Waals surface area contributed by atoms with Gasteiger partial charge in [0.2, 0.25) is 0 Å². The summed E-state index contributed by atoms with van der Waals surface area (Å²) < 4.78 is 3.04. The van der Waals surface area contributed by atoms with Crippen LogP contribution < -0.4 is 11.2 Å². The van der Waals surface area contributed by atoms with E-state index in [1.165, 1.54) is 17.1 Å². The number of carbonyl (C=O) groups is 1. The van der Waals surface area contributed by atoms with E-state index < -0.39 is 5.97 Å². The lowest BCUT2D eigenvalue weighted by atomic mass is 9.89. The van der Waals surface area contributed by atoms with E-state index in [0.717, 1.165) is 55.7 Å². The van der Waals surface area contributed by atoms with Crippen LogP contribution in [0, 0.1) is 5.92 Å². The van der Waals surface area contributed by atoms with E-state index in [9.17, 15) is 14.4 Å². The van der Waals surface area contributed by atoms with Crippen LogP contribution in [0.3, 0.4) is 0 Å². The fourth-order valence-corrected chi connectivity index (χ4v) is 4.53. The van der Waals surface area contributed by atoms with Crippen LogP contribution in [0.2, 0.25) is 0 Å². The second-order valence-electron chi connectivity index (χ2n) is 8.78. The molecule has 0 amide bonds. The molecule has 1 fully saturated rings. The second-order valence-corrected chi connectivity index (χ2v) is 8.78. The van der Waals surface area contributed by atoms with E-state index in [4.69, 9.17) is 5.11 Å². The van der Waals surface area contributed by atoms with Gasteiger partial charge in [-0.05, 0) is 36.8 Å². The van der Waals surface area contributed by atoms with Crippen LogP contribution in [0.4, 0.5) is 0 Å². The molecule has 3 aromatic rings. The first-order chi connectivity index (χ1) is 16.0. The quantitative estimate of drug-likeness (QED) is 0.504. The molecule has 1 aliphatic rings. The number of imidazole rings is 1. The lowest BCUT2D eigenvalue weighted by Gasteiger charge is -2.22. The first-order valence-electron chi connectivity index (χ1n) is 11.7. The van der Waals surface area contributed by atoms with Crippen molar-refractivity contribution in [3.8, 4) is 11.4 Å². The summed E-state index contributed by atoms with van der Waals surface area (Å²) in [6.45, 7) is 3.04. The van der Waals surface area contributed by atoms with Crippen LogP contribution in [-0.4, -0.2) is 30.2 Å². The maximum Gasteiger partial charge on any atom is 0.332 e. The van der Waals surface area contributed by atoms with Gasteiger partial charge in [-0.25, -0.2) is 14.6 Å². The molecular weight excluding hydrogens is 420 g/mol. The highest BCUT2D eigenvalue weighted by atomic mass is 16.4. The molecule has 0 aliphatic heterocycles. The van der Waals surface area contributed by atoms with Gasteiger partial charge in [0.05, 0.1) is 0 Å². The van der Waals surface area contributed by atoms with Gasteiger partial charge >= 0.3 is 11.7 Å². The summed E-state index contributed by atoms with van der Waals surface area (Å²) in [4.78, 5) is 45.1. The van der Waals surface area contributed by atoms with E-state index in [-0.39, 0.29) is 16.8 Å². The Labute approximate surface area is 191 Å². The molecule has 0 radical (unpaired) electrons. The minimum atomic E-state index is -1.01. The van der Waals surface area contributed by atoms with Crippen molar-refractivity contribution in [3.63, 3.8) is 0 Å². The average molecular weight is 451 g/mol. The number of fused-ring (bicyclic) bond motifs is 1. The molecule has 0 spiro atoms. The molecule has 4 rings (SSSR count). The van der Waals surface area contributed by atoms with Gasteiger partial charge in [0.25, 0.3) is 5.56 Å². The van der Waals surface area contributed by atoms with E-state index >= 15 is 0 Å². The predicted molar refractivity (Wildman–Crippen MR) is 128 cm³/mol. The smallest absolute Gasteiger partial charge is 0.332 e. The molecule has 174 valence electrons. The number of aryl methyl sites for hydroxylation is 1. The van der Waals surface area contributed by atoms with Gasteiger partial charge in [0.1, 0.15) is 11.5 Å². The topological polar surface area (TPSA) is 110 Å². The molecule has 8 heteroatoms. The van der Waals surface area contributed by atoms with E-state index in [1.54, 1.807) is 16.7 Å². The highest BCUT2D eigenvalue weighted by Gasteiger charge is 2.21. The Kier molecular flexibility index (Phi) is 6.91. The van der Waals surface area contributed by atoms with Gasteiger partial charge < -0.3 is 10.1 Å². The summed E-state index contributed by atoms with van der Waals surface area (Å²) in [6.07, 6.45) is 9.97. The molecule has 0 unspecified atom stereocenters. The zero-order valence-corrected chi connectivity index (χ0v) is 18.9. The largest absolute Gasteiger partial charge is 0.478 e. The number of carboxylic acid groups (broad SMARTS) is 1. The fourth-order valence-electron chi connectivity index (χ4n) is 4.53. The van der Waals surface area contributed by atoms with Gasteiger partial charge in [0, 0.05) is 24.7 Å². The normalized spacial score (nSPS) is 14.9. The molecule has 2 N–H and O–H groups in total. The van der Waals surface area contributed by atoms with Crippen molar-refractivity contribution in [1.82, 2.24) is 19.1 Å². The SMILES string of the molecule is CCCCn1c(=O)n(CC2CCCCC2)c(=O)c2nc(-c3ccc(/C=C/C(=O)O)cc3)[nH]c21. The number of nitrogens with zero attached hydrogens (tertiary/aromatic N) is 3. The zero-order valence-electron chi connectivity index (χ0n) is 18.9. The molecule has 0 atom stereocenters. The molecule has 2 aromatic heterocycles. The summed E-state index contributed by atoms with van der Waals surface area (Å²) >= 11 is 0.